The second-order valence-electron chi connectivity index (χ2n) is 26.2. The second-order valence-corrected chi connectivity index (χ2v) is 29.1. The molecule has 0 aliphatic carbocycles. The van der Waals surface area contributed by atoms with Crippen molar-refractivity contribution in [2.45, 2.75) is 303 Å². The van der Waals surface area contributed by atoms with Gasteiger partial charge in [-0.3, -0.25) is 37.3 Å². The number of aliphatic hydroxyl groups excluding tert-OH is 1. The summed E-state index contributed by atoms with van der Waals surface area (Å²) in [5.74, 6) is -2.36. The number of phosphoric acid groups is 2. The van der Waals surface area contributed by atoms with Gasteiger partial charge in [-0.25, -0.2) is 9.13 Å². The summed E-state index contributed by atoms with van der Waals surface area (Å²) in [5.41, 5.74) is 0. The van der Waals surface area contributed by atoms with Crippen LogP contribution in [-0.2, 0) is 65.4 Å². The van der Waals surface area contributed by atoms with E-state index >= 15 is 0 Å². The van der Waals surface area contributed by atoms with Crippen LogP contribution in [0.5, 0.6) is 0 Å². The third-order valence-corrected chi connectivity index (χ3v) is 17.9. The van der Waals surface area contributed by atoms with Crippen molar-refractivity contribution in [3.63, 3.8) is 0 Å². The van der Waals surface area contributed by atoms with Gasteiger partial charge < -0.3 is 33.8 Å². The van der Waals surface area contributed by atoms with Gasteiger partial charge in [-0.1, -0.05) is 280 Å². The van der Waals surface area contributed by atoms with Crippen LogP contribution in [-0.4, -0.2) is 96.7 Å². The van der Waals surface area contributed by atoms with E-state index in [0.717, 1.165) is 173 Å². The fourth-order valence-electron chi connectivity index (χ4n) is 9.96. The Labute approximate surface area is 653 Å². The van der Waals surface area contributed by atoms with Gasteiger partial charge in [0.05, 0.1) is 26.4 Å². The molecule has 0 aromatic carbocycles. The van der Waals surface area contributed by atoms with E-state index in [0.29, 0.717) is 38.5 Å². The number of esters is 4. The summed E-state index contributed by atoms with van der Waals surface area (Å²) >= 11 is 0. The second kappa shape index (κ2) is 79.0. The van der Waals surface area contributed by atoms with Crippen LogP contribution in [0.3, 0.4) is 0 Å². The predicted octanol–water partition coefficient (Wildman–Crippen LogP) is 24.1. The Bertz CT molecular complexity index is 2810. The van der Waals surface area contributed by atoms with Crippen molar-refractivity contribution in [1.82, 2.24) is 0 Å². The number of hydrogen-bond acceptors (Lipinski definition) is 15. The van der Waals surface area contributed by atoms with Gasteiger partial charge in [0.1, 0.15) is 19.3 Å². The number of phosphoric ester groups is 2. The molecule has 108 heavy (non-hydrogen) atoms. The molecule has 0 saturated heterocycles. The minimum absolute atomic E-state index is 0.00395. The fourth-order valence-corrected chi connectivity index (χ4v) is 11.5. The molecule has 0 aliphatic rings. The molecule has 0 aliphatic heterocycles. The fraction of sp³-hybridized carbons (Fsp3) is 0.596. The van der Waals surface area contributed by atoms with E-state index in [1.165, 1.54) is 19.3 Å². The molecule has 0 heterocycles. The minimum atomic E-state index is -5.02. The van der Waals surface area contributed by atoms with E-state index in [-0.39, 0.29) is 25.7 Å². The Kier molecular flexibility index (Phi) is 74.5. The number of carbonyl (C=O) groups excluding carboxylic acids is 4. The summed E-state index contributed by atoms with van der Waals surface area (Å²) in [4.78, 5) is 73.1. The molecule has 0 spiro atoms. The number of rotatable bonds is 74. The van der Waals surface area contributed by atoms with E-state index < -0.39 is 97.5 Å². The summed E-state index contributed by atoms with van der Waals surface area (Å²) in [6.45, 7) is 4.32. The van der Waals surface area contributed by atoms with Crippen molar-refractivity contribution >= 4 is 39.5 Å². The lowest BCUT2D eigenvalue weighted by molar-refractivity contribution is -0.161. The molecule has 3 N–H and O–H groups in total. The molecule has 0 aromatic rings. The highest BCUT2D eigenvalue weighted by Crippen LogP contribution is 2.45. The maximum atomic E-state index is 13.1. The minimum Gasteiger partial charge on any atom is -0.462 e. The average Bonchev–Trinajstić information content (AvgIpc) is 0.901. The Balaban J connectivity index is 5.51. The van der Waals surface area contributed by atoms with Gasteiger partial charge in [0, 0.05) is 25.7 Å². The molecule has 5 atom stereocenters. The summed E-state index contributed by atoms with van der Waals surface area (Å²) in [5, 5.41) is 10.7. The summed E-state index contributed by atoms with van der Waals surface area (Å²) in [7, 11) is -10.0. The highest BCUT2D eigenvalue weighted by atomic mass is 31.2. The molecule has 5 unspecified atom stereocenters. The smallest absolute Gasteiger partial charge is 0.462 e. The standard InChI is InChI=1S/C89H142O17P2/c1-5-9-13-17-21-25-29-33-37-40-41-44-47-50-54-58-62-66-70-74-87(92)100-79-84(105-88(93)75-71-67-63-59-55-51-45-36-32-28-24-20-16-12-8-4)81-103-107(95,96)101-77-83(90)78-102-108(97,98)104-82-85(106-89(94)76-72-68-64-60-56-52-48-43-39-35-31-27-23-19-15-11-7-3)80-99-86(91)73-69-65-61-57-53-49-46-42-38-34-30-26-22-18-14-10-6-2/h9-11,13-15,21-28,33-39,41,44-46,48-49,52,57,60-61,64,83-85,90H,5-8,12,16-20,29-32,40,42-43,47,50-51,53-56,58-59,62-63,65-82H2,1-4H3,(H,95,96)(H,97,98)/b13-9-,14-10-,15-11-,25-21-,26-22-,27-23-,28-24-,37-33-,38-34-,39-35-,44-41-,45-36-,49-46-,52-48-,61-57-,64-60-. The SMILES string of the molecule is CC/C=C\C/C=C\C/C=C\C/C=C\C/C=C\CCCC(=O)OCC(COP(=O)(O)OCC(O)COP(=O)(O)OCC(COC(=O)CCCCCCCC/C=C\C/C=C\C/C=C\C/C=C\CC)OC(=O)CCCCCCC/C=C\C/C=C\CCCCC)OC(=O)CCC/C=C\C/C=C\C/C=C\C/C=C\C/C=C\CC. The van der Waals surface area contributed by atoms with Crippen molar-refractivity contribution in [1.29, 1.82) is 0 Å². The van der Waals surface area contributed by atoms with Gasteiger partial charge in [0.2, 0.25) is 0 Å². The van der Waals surface area contributed by atoms with E-state index in [4.69, 9.17) is 37.0 Å². The highest BCUT2D eigenvalue weighted by molar-refractivity contribution is 7.47. The van der Waals surface area contributed by atoms with Crippen LogP contribution >= 0.6 is 15.6 Å². The normalized spacial score (nSPS) is 14.8. The van der Waals surface area contributed by atoms with Crippen LogP contribution in [0, 0.1) is 0 Å². The van der Waals surface area contributed by atoms with Gasteiger partial charge in [-0.2, -0.15) is 0 Å². The molecule has 0 bridgehead atoms. The quantitative estimate of drug-likeness (QED) is 0.0169. The van der Waals surface area contributed by atoms with E-state index in [2.05, 4.69) is 198 Å². The third-order valence-electron chi connectivity index (χ3n) is 16.0. The number of hydrogen-bond donors (Lipinski definition) is 3. The van der Waals surface area contributed by atoms with Gasteiger partial charge >= 0.3 is 39.5 Å². The van der Waals surface area contributed by atoms with Crippen LogP contribution in [0.2, 0.25) is 0 Å². The third kappa shape index (κ3) is 78.0. The first-order valence-electron chi connectivity index (χ1n) is 40.7. The zero-order valence-electron chi connectivity index (χ0n) is 66.7. The molecular weight excluding hydrogens is 1400 g/mol. The zero-order valence-corrected chi connectivity index (χ0v) is 68.5. The number of carbonyl (C=O) groups is 4. The Hall–Kier alpha value is -6.10. The maximum Gasteiger partial charge on any atom is 0.472 e. The van der Waals surface area contributed by atoms with Crippen molar-refractivity contribution in [3.8, 4) is 0 Å². The van der Waals surface area contributed by atoms with Gasteiger partial charge in [0.25, 0.3) is 0 Å². The van der Waals surface area contributed by atoms with E-state index in [9.17, 15) is 43.2 Å². The first-order valence-corrected chi connectivity index (χ1v) is 43.7. The summed E-state index contributed by atoms with van der Waals surface area (Å²) in [6, 6.07) is 0. The predicted molar refractivity (Wildman–Crippen MR) is 445 cm³/mol. The van der Waals surface area contributed by atoms with Crippen molar-refractivity contribution in [2.75, 3.05) is 39.6 Å². The van der Waals surface area contributed by atoms with Crippen molar-refractivity contribution < 1.29 is 80.2 Å². The van der Waals surface area contributed by atoms with Crippen molar-refractivity contribution in [3.05, 3.63) is 194 Å². The van der Waals surface area contributed by atoms with Gasteiger partial charge in [-0.05, 0) is 173 Å². The molecular formula is C89H142O17P2. The Morgan fingerprint density at radius 2 is 0.491 bits per heavy atom. The van der Waals surface area contributed by atoms with Crippen LogP contribution in [0.15, 0.2) is 194 Å². The Morgan fingerprint density at radius 1 is 0.269 bits per heavy atom. The molecule has 0 radical (unpaired) electrons. The van der Waals surface area contributed by atoms with Crippen LogP contribution < -0.4 is 0 Å². The van der Waals surface area contributed by atoms with Crippen LogP contribution in [0.1, 0.15) is 285 Å². The number of aliphatic hydroxyl groups is 1. The molecule has 0 rings (SSSR count). The van der Waals surface area contributed by atoms with Gasteiger partial charge in [0.15, 0.2) is 12.2 Å². The zero-order chi connectivity index (χ0) is 78.9. The first-order chi connectivity index (χ1) is 52.7. The van der Waals surface area contributed by atoms with Gasteiger partial charge in [-0.15, -0.1) is 0 Å². The molecule has 19 heteroatoms. The van der Waals surface area contributed by atoms with E-state index in [1.807, 2.05) is 24.3 Å². The molecule has 610 valence electrons. The largest absolute Gasteiger partial charge is 0.472 e. The van der Waals surface area contributed by atoms with Crippen molar-refractivity contribution in [2.24, 2.45) is 0 Å². The molecule has 0 fully saturated rings. The monoisotopic (exact) mass is 1540 g/mol. The lowest BCUT2D eigenvalue weighted by Crippen LogP contribution is -2.30. The van der Waals surface area contributed by atoms with Crippen LogP contribution in [0.25, 0.3) is 0 Å². The topological polar surface area (TPSA) is 237 Å². The molecule has 17 nitrogen and oxygen atoms in total. The first kappa shape index (κ1) is 102. The summed E-state index contributed by atoms with van der Waals surface area (Å²) < 4.78 is 68.5. The summed E-state index contributed by atoms with van der Waals surface area (Å²) in [6.07, 6.45) is 97.0. The lowest BCUT2D eigenvalue weighted by atomic mass is 10.1. The lowest BCUT2D eigenvalue weighted by Gasteiger charge is -2.21. The molecule has 0 aromatic heterocycles. The number of unbranched alkanes of at least 4 members (excludes halogenated alkanes) is 16. The molecule has 0 amide bonds. The van der Waals surface area contributed by atoms with Crippen LogP contribution in [0.4, 0.5) is 0 Å². The average molecular weight is 1550 g/mol. The number of ether oxygens (including phenoxy) is 4. The maximum absolute atomic E-state index is 13.1. The van der Waals surface area contributed by atoms with E-state index in [1.54, 1.807) is 0 Å². The Morgan fingerprint density at radius 3 is 0.787 bits per heavy atom. The molecule has 0 saturated carbocycles. The highest BCUT2D eigenvalue weighted by Gasteiger charge is 2.30. The number of allylic oxidation sites excluding steroid dienone is 32.